The number of aliphatic hydroxyl groups excluding tert-OH is 2. The third-order valence-electron chi connectivity index (χ3n) is 6.08. The van der Waals surface area contributed by atoms with Crippen LogP contribution in [0.3, 0.4) is 0 Å². The number of nitrogens with zero attached hydrogens (tertiary/aromatic N) is 2. The number of anilines is 1. The van der Waals surface area contributed by atoms with Gasteiger partial charge in [-0.2, -0.15) is 8.42 Å². The predicted molar refractivity (Wildman–Crippen MR) is 148 cm³/mol. The summed E-state index contributed by atoms with van der Waals surface area (Å²) in [6.07, 6.45) is 1.77. The Morgan fingerprint density at radius 1 is 1.31 bits per heavy atom. The van der Waals surface area contributed by atoms with Gasteiger partial charge in [0.15, 0.2) is 0 Å². The van der Waals surface area contributed by atoms with E-state index in [1.165, 1.54) is 18.6 Å². The van der Waals surface area contributed by atoms with Crippen molar-refractivity contribution >= 4 is 56.4 Å². The van der Waals surface area contributed by atoms with Crippen molar-refractivity contribution in [2.24, 2.45) is 11.1 Å². The number of carbonyl (C=O) groups excluding carboxylic acids is 1. The maximum absolute atomic E-state index is 13.5. The van der Waals surface area contributed by atoms with Crippen molar-refractivity contribution in [3.05, 3.63) is 73.8 Å². The number of aliphatic hydroxyl groups is 3. The van der Waals surface area contributed by atoms with E-state index in [1.807, 2.05) is 0 Å². The summed E-state index contributed by atoms with van der Waals surface area (Å²) in [6.45, 7) is 1.00. The van der Waals surface area contributed by atoms with Crippen LogP contribution < -0.4 is 10.5 Å². The number of halogens is 2. The fourth-order valence-corrected chi connectivity index (χ4v) is 5.85. The molecule has 0 aliphatic heterocycles. The fourth-order valence-electron chi connectivity index (χ4n) is 3.93. The molecular weight excluding hydrogens is 591 g/mol. The largest absolute Gasteiger partial charge is 0.396 e. The van der Waals surface area contributed by atoms with Gasteiger partial charge >= 0.3 is 10.3 Å². The van der Waals surface area contributed by atoms with Gasteiger partial charge < -0.3 is 20.6 Å². The lowest BCUT2D eigenvalue weighted by atomic mass is 9.85. The molecule has 1 aromatic carbocycles. The minimum Gasteiger partial charge on any atom is -0.396 e. The number of nitrogens with two attached hydrogens (primary N) is 1. The Balaban J connectivity index is 1.85. The van der Waals surface area contributed by atoms with E-state index in [-0.39, 0.29) is 52.3 Å². The summed E-state index contributed by atoms with van der Waals surface area (Å²) < 4.78 is 26.9. The zero-order chi connectivity index (χ0) is 28.8. The average Bonchev–Trinajstić information content (AvgIpc) is 3.29. The van der Waals surface area contributed by atoms with Gasteiger partial charge in [-0.05, 0) is 30.2 Å². The monoisotopic (exact) mass is 618 g/mol. The summed E-state index contributed by atoms with van der Waals surface area (Å²) in [5.74, 6) is -0.929. The molecule has 39 heavy (non-hydrogen) atoms. The second kappa shape index (κ2) is 13.4. The number of benzene rings is 1. The normalized spacial score (nSPS) is 14.9. The molecule has 6 N–H and O–H groups in total. The smallest absolute Gasteiger partial charge is 0.333 e. The van der Waals surface area contributed by atoms with Crippen LogP contribution >= 0.6 is 34.5 Å². The van der Waals surface area contributed by atoms with E-state index in [9.17, 15) is 28.5 Å². The number of hydrogen-bond acceptors (Lipinski definition) is 11. The van der Waals surface area contributed by atoms with Crippen LogP contribution in [0.2, 0.25) is 9.36 Å². The Labute approximate surface area is 239 Å². The second-order valence-electron chi connectivity index (χ2n) is 8.65. The van der Waals surface area contributed by atoms with Crippen LogP contribution in [-0.2, 0) is 20.1 Å². The van der Waals surface area contributed by atoms with Gasteiger partial charge in [-0.3, -0.25) is 8.98 Å². The Morgan fingerprint density at radius 2 is 2.05 bits per heavy atom. The molecule has 0 bridgehead atoms. The highest BCUT2D eigenvalue weighted by atomic mass is 35.5. The fraction of sp³-hybridized carbons (Fsp3) is 0.375. The molecule has 3 atom stereocenters. The van der Waals surface area contributed by atoms with Gasteiger partial charge in [0.1, 0.15) is 22.1 Å². The molecule has 0 radical (unpaired) electrons. The Hall–Kier alpha value is -2.20. The van der Waals surface area contributed by atoms with Gasteiger partial charge in [-0.15, -0.1) is 11.3 Å². The van der Waals surface area contributed by atoms with Crippen LogP contribution in [0.1, 0.15) is 46.1 Å². The number of rotatable bonds is 14. The zero-order valence-corrected chi connectivity index (χ0v) is 23.9. The van der Waals surface area contributed by atoms with Gasteiger partial charge in [0, 0.05) is 42.3 Å². The Kier molecular flexibility index (Phi) is 10.8. The molecule has 11 nitrogen and oxygen atoms in total. The van der Waals surface area contributed by atoms with Crippen molar-refractivity contribution < 1.29 is 32.7 Å². The van der Waals surface area contributed by atoms with Crippen molar-refractivity contribution in [2.45, 2.75) is 31.5 Å². The van der Waals surface area contributed by atoms with Crippen LogP contribution in [0.4, 0.5) is 5.82 Å². The summed E-state index contributed by atoms with van der Waals surface area (Å²) in [4.78, 5) is 21.7. The highest BCUT2D eigenvalue weighted by Crippen LogP contribution is 2.42. The predicted octanol–water partition coefficient (Wildman–Crippen LogP) is 2.71. The standard InChI is InChI=1S/C24H28Cl2N4O7S2/c1-2-14(12-37-39(27,35)36)19(32)11-29-23-17(10-28-13-30-23)21(33)20-9-18(22(26)38-20)24(34,6-7-31)15-4-3-5-16(25)8-15/h3-5,8-10,13-14,19,31-32,34H,2,6-7,11-12H2,1H3,(H2,27,35,36)(H,28,29,30)/t14-,19+,24?/m1/s1. The molecule has 1 unspecified atom stereocenters. The van der Waals surface area contributed by atoms with E-state index < -0.39 is 33.7 Å². The molecule has 0 amide bonds. The van der Waals surface area contributed by atoms with E-state index in [1.54, 1.807) is 31.2 Å². The van der Waals surface area contributed by atoms with Crippen LogP contribution in [0.25, 0.3) is 0 Å². The van der Waals surface area contributed by atoms with E-state index in [2.05, 4.69) is 19.5 Å². The molecule has 15 heteroatoms. The SMILES string of the molecule is CC[C@H](COS(N)(=O)=O)[C@@H](O)CNc1ncncc1C(=O)c1cc(C(O)(CCO)c2cccc(Cl)c2)c(Cl)s1. The lowest BCUT2D eigenvalue weighted by Crippen LogP contribution is -2.33. The molecular formula is C24H28Cl2N4O7S2. The summed E-state index contributed by atoms with van der Waals surface area (Å²) in [5, 5.41) is 39.9. The molecule has 0 saturated heterocycles. The van der Waals surface area contributed by atoms with Gasteiger partial charge in [0.05, 0.1) is 23.2 Å². The van der Waals surface area contributed by atoms with Crippen molar-refractivity contribution in [2.75, 3.05) is 25.1 Å². The first kappa shape index (κ1) is 31.3. The van der Waals surface area contributed by atoms with E-state index in [0.29, 0.717) is 17.0 Å². The molecule has 2 heterocycles. The molecule has 0 aliphatic rings. The minimum atomic E-state index is -4.16. The summed E-state index contributed by atoms with van der Waals surface area (Å²) in [7, 11) is -4.16. The molecule has 0 saturated carbocycles. The van der Waals surface area contributed by atoms with Gasteiger partial charge in [-0.25, -0.2) is 15.1 Å². The van der Waals surface area contributed by atoms with Gasteiger partial charge in [0.2, 0.25) is 5.78 Å². The van der Waals surface area contributed by atoms with E-state index in [0.717, 1.165) is 11.3 Å². The third kappa shape index (κ3) is 7.93. The van der Waals surface area contributed by atoms with E-state index >= 15 is 0 Å². The molecule has 0 aliphatic carbocycles. The molecule has 2 aromatic heterocycles. The number of carbonyl (C=O) groups is 1. The first-order chi connectivity index (χ1) is 18.4. The van der Waals surface area contributed by atoms with Crippen LogP contribution in [0, 0.1) is 5.92 Å². The maximum Gasteiger partial charge on any atom is 0.333 e. The lowest BCUT2D eigenvalue weighted by molar-refractivity contribution is 0.0514. The van der Waals surface area contributed by atoms with Crippen molar-refractivity contribution in [3.63, 3.8) is 0 Å². The summed E-state index contributed by atoms with van der Waals surface area (Å²) in [6, 6.07) is 7.96. The highest BCUT2D eigenvalue weighted by Gasteiger charge is 2.36. The topological polar surface area (TPSA) is 185 Å². The first-order valence-corrected chi connectivity index (χ1v) is 14.8. The summed E-state index contributed by atoms with van der Waals surface area (Å²) >= 11 is 13.5. The van der Waals surface area contributed by atoms with Gasteiger partial charge in [-0.1, -0.05) is 42.3 Å². The second-order valence-corrected chi connectivity index (χ2v) is 12.0. The third-order valence-corrected chi connectivity index (χ3v) is 8.14. The molecule has 0 fully saturated rings. The quantitative estimate of drug-likeness (QED) is 0.168. The van der Waals surface area contributed by atoms with Gasteiger partial charge in [0.25, 0.3) is 0 Å². The molecule has 0 spiro atoms. The number of ketones is 1. The first-order valence-electron chi connectivity index (χ1n) is 11.7. The summed E-state index contributed by atoms with van der Waals surface area (Å²) in [5.41, 5.74) is -0.995. The van der Waals surface area contributed by atoms with Crippen LogP contribution in [0.5, 0.6) is 0 Å². The van der Waals surface area contributed by atoms with Crippen molar-refractivity contribution in [1.29, 1.82) is 0 Å². The number of aromatic nitrogens is 2. The Morgan fingerprint density at radius 3 is 2.69 bits per heavy atom. The minimum absolute atomic E-state index is 0.0781. The maximum atomic E-state index is 13.5. The highest BCUT2D eigenvalue weighted by molar-refractivity contribution is 7.84. The molecule has 3 aromatic rings. The van der Waals surface area contributed by atoms with Crippen LogP contribution in [-0.4, -0.2) is 65.4 Å². The number of hydrogen-bond donors (Lipinski definition) is 5. The van der Waals surface area contributed by atoms with Crippen LogP contribution in [0.15, 0.2) is 42.9 Å². The van der Waals surface area contributed by atoms with Crippen molar-refractivity contribution in [1.82, 2.24) is 9.97 Å². The van der Waals surface area contributed by atoms with E-state index in [4.69, 9.17) is 28.3 Å². The molecule has 212 valence electrons. The molecule has 3 rings (SSSR count). The zero-order valence-electron chi connectivity index (χ0n) is 20.8. The number of thiophene rings is 1. The van der Waals surface area contributed by atoms with Crippen molar-refractivity contribution in [3.8, 4) is 0 Å². The lowest BCUT2D eigenvalue weighted by Gasteiger charge is -2.28. The average molecular weight is 620 g/mol. The number of nitrogens with one attached hydrogen (secondary N) is 1. The Bertz CT molecular complexity index is 1410.